The molecule has 0 amide bonds. The first-order chi connectivity index (χ1) is 7.52. The van der Waals surface area contributed by atoms with Crippen LogP contribution in [0.15, 0.2) is 30.5 Å². The molecule has 0 atom stereocenters. The molecule has 0 aliphatic heterocycles. The molecule has 0 spiro atoms. The molecular weight excluding hydrogens is 196 g/mol. The summed E-state index contributed by atoms with van der Waals surface area (Å²) in [5.41, 5.74) is 2.87. The van der Waals surface area contributed by atoms with E-state index in [2.05, 4.69) is 36.7 Å². The first-order valence-electron chi connectivity index (χ1n) is 5.29. The molecule has 0 unspecified atom stereocenters. The fourth-order valence-corrected chi connectivity index (χ4v) is 1.85. The monoisotopic (exact) mass is 210 g/mol. The van der Waals surface area contributed by atoms with Crippen molar-refractivity contribution in [1.29, 1.82) is 0 Å². The lowest BCUT2D eigenvalue weighted by atomic mass is 9.84. The molecule has 2 aromatic rings. The molecule has 0 aliphatic carbocycles. The number of hydrogen-bond acceptors (Lipinski definition) is 1. The molecule has 80 valence electrons. The number of nitrogens with zero attached hydrogens (tertiary/aromatic N) is 2. The zero-order valence-corrected chi connectivity index (χ0v) is 9.78. The normalized spacial score (nSPS) is 11.4. The van der Waals surface area contributed by atoms with Gasteiger partial charge < -0.3 is 0 Å². The summed E-state index contributed by atoms with van der Waals surface area (Å²) in [7, 11) is 0. The lowest BCUT2D eigenvalue weighted by Gasteiger charge is -2.21. The Morgan fingerprint density at radius 1 is 1.25 bits per heavy atom. The Hall–Kier alpha value is -1.88. The number of benzene rings is 1. The van der Waals surface area contributed by atoms with Crippen molar-refractivity contribution < 1.29 is 0 Å². The smallest absolute Gasteiger partial charge is 0.205 e. The van der Waals surface area contributed by atoms with E-state index in [1.54, 1.807) is 6.20 Å². The van der Waals surface area contributed by atoms with Crippen molar-refractivity contribution in [3.05, 3.63) is 47.4 Å². The SMILES string of the molecule is [C-]#[N+]c1cnc2cccc(C(C)(C)C)c2c1. The topological polar surface area (TPSA) is 17.2 Å². The van der Waals surface area contributed by atoms with Crippen LogP contribution in [0.25, 0.3) is 15.7 Å². The van der Waals surface area contributed by atoms with Gasteiger partial charge in [0.15, 0.2) is 0 Å². The first kappa shape index (κ1) is 10.6. The Balaban J connectivity index is 2.80. The van der Waals surface area contributed by atoms with Crippen molar-refractivity contribution in [1.82, 2.24) is 4.98 Å². The van der Waals surface area contributed by atoms with Gasteiger partial charge in [-0.3, -0.25) is 4.98 Å². The second-order valence-corrected chi connectivity index (χ2v) is 4.93. The highest BCUT2D eigenvalue weighted by Gasteiger charge is 2.16. The van der Waals surface area contributed by atoms with Gasteiger partial charge in [-0.15, -0.1) is 0 Å². The molecule has 0 fully saturated rings. The van der Waals surface area contributed by atoms with E-state index in [0.29, 0.717) is 5.69 Å². The molecule has 2 heteroatoms. The molecular formula is C14H14N2. The Kier molecular flexibility index (Phi) is 2.40. The molecule has 1 aromatic heterocycles. The van der Waals surface area contributed by atoms with Crippen molar-refractivity contribution in [3.8, 4) is 0 Å². The van der Waals surface area contributed by atoms with E-state index in [1.807, 2.05) is 18.2 Å². The highest BCUT2D eigenvalue weighted by molar-refractivity contribution is 5.86. The third-order valence-corrected chi connectivity index (χ3v) is 2.65. The van der Waals surface area contributed by atoms with Gasteiger partial charge in [-0.1, -0.05) is 32.9 Å². The number of aromatic nitrogens is 1. The van der Waals surface area contributed by atoms with Crippen LogP contribution in [0.1, 0.15) is 26.3 Å². The fourth-order valence-electron chi connectivity index (χ4n) is 1.85. The number of hydrogen-bond donors (Lipinski definition) is 0. The van der Waals surface area contributed by atoms with Crippen molar-refractivity contribution in [2.24, 2.45) is 0 Å². The first-order valence-corrected chi connectivity index (χ1v) is 5.29. The second kappa shape index (κ2) is 3.61. The molecule has 2 rings (SSSR count). The van der Waals surface area contributed by atoms with E-state index in [-0.39, 0.29) is 5.41 Å². The van der Waals surface area contributed by atoms with Gasteiger partial charge in [0.25, 0.3) is 0 Å². The maximum atomic E-state index is 7.03. The molecule has 0 radical (unpaired) electrons. The van der Waals surface area contributed by atoms with Crippen LogP contribution < -0.4 is 0 Å². The largest absolute Gasteiger partial charge is 0.268 e. The Labute approximate surface area is 95.8 Å². The van der Waals surface area contributed by atoms with Crippen molar-refractivity contribution in [2.45, 2.75) is 26.2 Å². The molecule has 2 nitrogen and oxygen atoms in total. The summed E-state index contributed by atoms with van der Waals surface area (Å²) in [6.45, 7) is 13.5. The summed E-state index contributed by atoms with van der Waals surface area (Å²) < 4.78 is 0. The van der Waals surface area contributed by atoms with Crippen LogP contribution in [-0.2, 0) is 5.41 Å². The van der Waals surface area contributed by atoms with Gasteiger partial charge in [0.05, 0.1) is 12.1 Å². The molecule has 0 saturated carbocycles. The van der Waals surface area contributed by atoms with Crippen LogP contribution in [0.3, 0.4) is 0 Å². The molecule has 16 heavy (non-hydrogen) atoms. The van der Waals surface area contributed by atoms with Gasteiger partial charge in [0.1, 0.15) is 0 Å². The van der Waals surface area contributed by atoms with Crippen LogP contribution in [0, 0.1) is 6.57 Å². The minimum atomic E-state index is 0.0713. The van der Waals surface area contributed by atoms with Crippen molar-refractivity contribution in [3.63, 3.8) is 0 Å². The van der Waals surface area contributed by atoms with Crippen LogP contribution in [-0.4, -0.2) is 4.98 Å². The second-order valence-electron chi connectivity index (χ2n) is 4.93. The number of fused-ring (bicyclic) bond motifs is 1. The van der Waals surface area contributed by atoms with E-state index in [0.717, 1.165) is 10.9 Å². The van der Waals surface area contributed by atoms with Gasteiger partial charge in [0, 0.05) is 6.20 Å². The predicted molar refractivity (Wildman–Crippen MR) is 66.7 cm³/mol. The van der Waals surface area contributed by atoms with Gasteiger partial charge >= 0.3 is 0 Å². The van der Waals surface area contributed by atoms with Crippen LogP contribution in [0.4, 0.5) is 5.69 Å². The fraction of sp³-hybridized carbons (Fsp3) is 0.286. The average Bonchev–Trinajstić information content (AvgIpc) is 2.26. The minimum absolute atomic E-state index is 0.0713. The van der Waals surface area contributed by atoms with Crippen LogP contribution in [0.2, 0.25) is 0 Å². The Morgan fingerprint density at radius 3 is 2.62 bits per heavy atom. The highest BCUT2D eigenvalue weighted by atomic mass is 14.7. The Bertz CT molecular complexity index is 571. The predicted octanol–water partition coefficient (Wildman–Crippen LogP) is 4.08. The Morgan fingerprint density at radius 2 is 2.00 bits per heavy atom. The zero-order valence-electron chi connectivity index (χ0n) is 9.78. The summed E-state index contributed by atoms with van der Waals surface area (Å²) in [4.78, 5) is 7.74. The van der Waals surface area contributed by atoms with Gasteiger partial charge in [0.2, 0.25) is 5.69 Å². The van der Waals surface area contributed by atoms with E-state index in [9.17, 15) is 0 Å². The summed E-state index contributed by atoms with van der Waals surface area (Å²) in [6, 6.07) is 8.04. The average molecular weight is 210 g/mol. The third kappa shape index (κ3) is 1.77. The minimum Gasteiger partial charge on any atom is -0.268 e. The lowest BCUT2D eigenvalue weighted by molar-refractivity contribution is 0.596. The van der Waals surface area contributed by atoms with Gasteiger partial charge in [-0.25, -0.2) is 4.85 Å². The van der Waals surface area contributed by atoms with Crippen molar-refractivity contribution in [2.75, 3.05) is 0 Å². The maximum Gasteiger partial charge on any atom is 0.205 e. The van der Waals surface area contributed by atoms with E-state index < -0.39 is 0 Å². The molecule has 1 heterocycles. The molecule has 0 N–H and O–H groups in total. The van der Waals surface area contributed by atoms with Gasteiger partial charge in [-0.2, -0.15) is 0 Å². The number of rotatable bonds is 0. The highest BCUT2D eigenvalue weighted by Crippen LogP contribution is 2.30. The quantitative estimate of drug-likeness (QED) is 0.599. The van der Waals surface area contributed by atoms with E-state index >= 15 is 0 Å². The van der Waals surface area contributed by atoms with Crippen molar-refractivity contribution >= 4 is 16.6 Å². The molecule has 0 bridgehead atoms. The summed E-state index contributed by atoms with van der Waals surface area (Å²) in [6.07, 6.45) is 1.63. The standard InChI is InChI=1S/C14H14N2/c1-14(2,3)12-6-5-7-13-11(12)8-10(15-4)9-16-13/h5-9H,1-3H3. The molecule has 1 aromatic carbocycles. The third-order valence-electron chi connectivity index (χ3n) is 2.65. The van der Waals surface area contributed by atoms with E-state index in [1.165, 1.54) is 5.56 Å². The summed E-state index contributed by atoms with van der Waals surface area (Å²) >= 11 is 0. The lowest BCUT2D eigenvalue weighted by Crippen LogP contribution is -2.11. The van der Waals surface area contributed by atoms with Crippen LogP contribution >= 0.6 is 0 Å². The number of pyridine rings is 1. The maximum absolute atomic E-state index is 7.03. The van der Waals surface area contributed by atoms with Gasteiger partial charge in [-0.05, 0) is 28.5 Å². The van der Waals surface area contributed by atoms with Crippen LogP contribution in [0.5, 0.6) is 0 Å². The molecule has 0 saturated heterocycles. The summed E-state index contributed by atoms with van der Waals surface area (Å²) in [5.74, 6) is 0. The molecule has 0 aliphatic rings. The summed E-state index contributed by atoms with van der Waals surface area (Å²) in [5, 5.41) is 1.09. The zero-order chi connectivity index (χ0) is 11.8. The van der Waals surface area contributed by atoms with E-state index in [4.69, 9.17) is 6.57 Å².